The molecule has 8 heteroatoms. The molecule has 0 unspecified atom stereocenters. The summed E-state index contributed by atoms with van der Waals surface area (Å²) in [6.07, 6.45) is 1.27. The first-order valence-electron chi connectivity index (χ1n) is 5.48. The van der Waals surface area contributed by atoms with Crippen molar-refractivity contribution in [2.24, 2.45) is 0 Å². The van der Waals surface area contributed by atoms with Crippen molar-refractivity contribution in [2.75, 3.05) is 4.72 Å². The Morgan fingerprint density at radius 3 is 2.56 bits per heavy atom. The monoisotopic (exact) mass is 269 g/mol. The fourth-order valence-electron chi connectivity index (χ4n) is 1.49. The number of aromatic amines is 2. The second-order valence-electron chi connectivity index (χ2n) is 4.33. The lowest BCUT2D eigenvalue weighted by Crippen LogP contribution is -2.13. The van der Waals surface area contributed by atoms with Crippen molar-refractivity contribution in [3.8, 4) is 0 Å². The summed E-state index contributed by atoms with van der Waals surface area (Å²) in [6, 6.07) is 1.68. The standard InChI is InChI=1S/C10H15N5O2S/c1-6(2)8-4-10(14-13-8)15-18(16,17)9-5-11-12-7(9)3/h4-6H,1-3H3,(H,11,12)(H2,13,14,15). The van der Waals surface area contributed by atoms with Crippen LogP contribution in [0.25, 0.3) is 0 Å². The molecule has 0 aromatic carbocycles. The van der Waals surface area contributed by atoms with E-state index >= 15 is 0 Å². The minimum Gasteiger partial charge on any atom is -0.281 e. The van der Waals surface area contributed by atoms with Gasteiger partial charge in [-0.2, -0.15) is 10.2 Å². The van der Waals surface area contributed by atoms with Crippen LogP contribution in [-0.2, 0) is 10.0 Å². The van der Waals surface area contributed by atoms with E-state index in [9.17, 15) is 8.42 Å². The average Bonchev–Trinajstić information content (AvgIpc) is 2.86. The molecule has 2 rings (SSSR count). The van der Waals surface area contributed by atoms with E-state index in [1.54, 1.807) is 13.0 Å². The topological polar surface area (TPSA) is 104 Å². The van der Waals surface area contributed by atoms with Crippen LogP contribution in [0, 0.1) is 6.92 Å². The van der Waals surface area contributed by atoms with Gasteiger partial charge in [0.05, 0.1) is 11.9 Å². The van der Waals surface area contributed by atoms with E-state index in [1.165, 1.54) is 6.20 Å². The third-order valence-corrected chi connectivity index (χ3v) is 4.00. The van der Waals surface area contributed by atoms with Crippen LogP contribution in [0.2, 0.25) is 0 Å². The number of sulfonamides is 1. The number of anilines is 1. The SMILES string of the molecule is Cc1[nH]ncc1S(=O)(=O)Nc1cc(C(C)C)[nH]n1. The molecule has 0 saturated heterocycles. The summed E-state index contributed by atoms with van der Waals surface area (Å²) in [7, 11) is -3.64. The molecule has 0 aliphatic rings. The zero-order valence-electron chi connectivity index (χ0n) is 10.4. The number of nitrogens with one attached hydrogen (secondary N) is 3. The molecule has 7 nitrogen and oxygen atoms in total. The summed E-state index contributed by atoms with van der Waals surface area (Å²) in [6.45, 7) is 5.63. The summed E-state index contributed by atoms with van der Waals surface area (Å²) < 4.78 is 26.5. The van der Waals surface area contributed by atoms with Gasteiger partial charge in [-0.3, -0.25) is 14.9 Å². The zero-order valence-corrected chi connectivity index (χ0v) is 11.2. The Morgan fingerprint density at radius 2 is 2.06 bits per heavy atom. The van der Waals surface area contributed by atoms with Crippen molar-refractivity contribution in [3.05, 3.63) is 23.7 Å². The van der Waals surface area contributed by atoms with Gasteiger partial charge in [-0.15, -0.1) is 0 Å². The molecular weight excluding hydrogens is 254 g/mol. The predicted molar refractivity (Wildman–Crippen MR) is 66.8 cm³/mol. The van der Waals surface area contributed by atoms with Crippen LogP contribution < -0.4 is 4.72 Å². The molecule has 0 radical (unpaired) electrons. The number of nitrogens with zero attached hydrogens (tertiary/aromatic N) is 2. The highest BCUT2D eigenvalue weighted by Gasteiger charge is 2.20. The lowest BCUT2D eigenvalue weighted by molar-refractivity contribution is 0.600. The van der Waals surface area contributed by atoms with Gasteiger partial charge in [0.1, 0.15) is 4.90 Å². The first-order chi connectivity index (χ1) is 8.40. The molecule has 3 N–H and O–H groups in total. The van der Waals surface area contributed by atoms with E-state index in [-0.39, 0.29) is 16.6 Å². The van der Waals surface area contributed by atoms with E-state index in [0.29, 0.717) is 5.69 Å². The highest BCUT2D eigenvalue weighted by molar-refractivity contribution is 7.92. The minimum atomic E-state index is -3.64. The van der Waals surface area contributed by atoms with Gasteiger partial charge in [-0.25, -0.2) is 8.42 Å². The van der Waals surface area contributed by atoms with E-state index in [0.717, 1.165) is 5.69 Å². The van der Waals surface area contributed by atoms with Gasteiger partial charge in [0.15, 0.2) is 5.82 Å². The smallest absolute Gasteiger partial charge is 0.266 e. The average molecular weight is 269 g/mol. The minimum absolute atomic E-state index is 0.122. The maximum Gasteiger partial charge on any atom is 0.266 e. The number of aryl methyl sites for hydroxylation is 1. The molecule has 18 heavy (non-hydrogen) atoms. The summed E-state index contributed by atoms with van der Waals surface area (Å²) in [5.74, 6) is 0.533. The number of hydrogen-bond acceptors (Lipinski definition) is 4. The van der Waals surface area contributed by atoms with Gasteiger partial charge < -0.3 is 0 Å². The van der Waals surface area contributed by atoms with Crippen LogP contribution in [0.5, 0.6) is 0 Å². The largest absolute Gasteiger partial charge is 0.281 e. The first kappa shape index (κ1) is 12.6. The molecule has 2 aromatic rings. The number of H-pyrrole nitrogens is 2. The van der Waals surface area contributed by atoms with Crippen LogP contribution in [0.15, 0.2) is 17.2 Å². The summed E-state index contributed by atoms with van der Waals surface area (Å²) in [5.41, 5.74) is 1.36. The maximum absolute atomic E-state index is 12.0. The molecule has 0 atom stereocenters. The molecule has 0 aliphatic carbocycles. The summed E-state index contributed by atoms with van der Waals surface area (Å²) in [5, 5.41) is 13.0. The summed E-state index contributed by atoms with van der Waals surface area (Å²) >= 11 is 0. The van der Waals surface area contributed by atoms with Crippen LogP contribution >= 0.6 is 0 Å². The third-order valence-electron chi connectivity index (χ3n) is 2.53. The molecule has 98 valence electrons. The van der Waals surface area contributed by atoms with E-state index in [2.05, 4.69) is 25.1 Å². The third kappa shape index (κ3) is 2.37. The van der Waals surface area contributed by atoms with Gasteiger partial charge in [0.2, 0.25) is 0 Å². The molecule has 0 fully saturated rings. The highest BCUT2D eigenvalue weighted by atomic mass is 32.2. The van der Waals surface area contributed by atoms with Crippen molar-refractivity contribution in [3.63, 3.8) is 0 Å². The number of hydrogen-bond donors (Lipinski definition) is 3. The maximum atomic E-state index is 12.0. The van der Waals surface area contributed by atoms with Crippen LogP contribution in [0.1, 0.15) is 31.2 Å². The Labute approximate surface area is 105 Å². The molecule has 2 aromatic heterocycles. The Bertz CT molecular complexity index is 641. The Kier molecular flexibility index (Phi) is 3.12. The van der Waals surface area contributed by atoms with Gasteiger partial charge >= 0.3 is 0 Å². The predicted octanol–water partition coefficient (Wildman–Crippen LogP) is 1.37. The Hall–Kier alpha value is -1.83. The molecule has 0 spiro atoms. The highest BCUT2D eigenvalue weighted by Crippen LogP contribution is 2.19. The fraction of sp³-hybridized carbons (Fsp3) is 0.400. The van der Waals surface area contributed by atoms with Crippen molar-refractivity contribution < 1.29 is 8.42 Å². The lowest BCUT2D eigenvalue weighted by Gasteiger charge is -2.03. The van der Waals surface area contributed by atoms with E-state index < -0.39 is 10.0 Å². The van der Waals surface area contributed by atoms with Crippen molar-refractivity contribution in [2.45, 2.75) is 31.6 Å². The van der Waals surface area contributed by atoms with Gasteiger partial charge in [0, 0.05) is 11.8 Å². The molecule has 0 aliphatic heterocycles. The molecule has 0 saturated carbocycles. The fourth-order valence-corrected chi connectivity index (χ4v) is 2.62. The summed E-state index contributed by atoms with van der Waals surface area (Å²) in [4.78, 5) is 0.122. The molecule has 0 amide bonds. The second kappa shape index (κ2) is 4.45. The lowest BCUT2D eigenvalue weighted by atomic mass is 10.1. The Morgan fingerprint density at radius 1 is 1.33 bits per heavy atom. The molecule has 2 heterocycles. The molecule has 0 bridgehead atoms. The van der Waals surface area contributed by atoms with Crippen LogP contribution in [0.3, 0.4) is 0 Å². The number of aromatic nitrogens is 4. The van der Waals surface area contributed by atoms with Gasteiger partial charge in [-0.05, 0) is 12.8 Å². The van der Waals surface area contributed by atoms with E-state index in [4.69, 9.17) is 0 Å². The second-order valence-corrected chi connectivity index (χ2v) is 5.98. The van der Waals surface area contributed by atoms with Crippen LogP contribution in [-0.4, -0.2) is 28.8 Å². The van der Waals surface area contributed by atoms with Crippen molar-refractivity contribution >= 4 is 15.8 Å². The van der Waals surface area contributed by atoms with Gasteiger partial charge in [-0.1, -0.05) is 13.8 Å². The van der Waals surface area contributed by atoms with Crippen molar-refractivity contribution in [1.82, 2.24) is 20.4 Å². The van der Waals surface area contributed by atoms with Crippen LogP contribution in [0.4, 0.5) is 5.82 Å². The molecular formula is C10H15N5O2S. The number of rotatable bonds is 4. The van der Waals surface area contributed by atoms with Gasteiger partial charge in [0.25, 0.3) is 10.0 Å². The van der Waals surface area contributed by atoms with Crippen molar-refractivity contribution in [1.29, 1.82) is 0 Å². The Balaban J connectivity index is 2.25. The normalized spacial score (nSPS) is 12.0. The first-order valence-corrected chi connectivity index (χ1v) is 6.96. The zero-order chi connectivity index (χ0) is 13.3. The van der Waals surface area contributed by atoms with E-state index in [1.807, 2.05) is 13.8 Å². The quantitative estimate of drug-likeness (QED) is 0.779.